The number of hydrogen-bond donors (Lipinski definition) is 1. The first kappa shape index (κ1) is 17.7. The van der Waals surface area contributed by atoms with Crippen LogP contribution in [-0.2, 0) is 11.3 Å². The molecule has 1 aromatic heterocycles. The van der Waals surface area contributed by atoms with Crippen molar-refractivity contribution in [1.29, 1.82) is 5.26 Å². The van der Waals surface area contributed by atoms with Crippen LogP contribution in [0, 0.1) is 18.3 Å². The third-order valence-electron chi connectivity index (χ3n) is 3.53. The molecule has 0 aliphatic heterocycles. The minimum Gasteiger partial charge on any atom is -0.494 e. The highest BCUT2D eigenvalue weighted by molar-refractivity contribution is 6.30. The molecule has 0 saturated carbocycles. The highest BCUT2D eigenvalue weighted by Crippen LogP contribution is 2.22. The fourth-order valence-corrected chi connectivity index (χ4v) is 2.31. The Kier molecular flexibility index (Phi) is 5.74. The third kappa shape index (κ3) is 3.65. The number of aromatic nitrogens is 1. The predicted octanol–water partition coefficient (Wildman–Crippen LogP) is 2.78. The molecule has 1 heterocycles. The first-order valence-corrected chi connectivity index (χ1v) is 7.52. The maximum Gasteiger partial charge on any atom is 0.271 e. The Hall–Kier alpha value is -2.62. The van der Waals surface area contributed by atoms with E-state index < -0.39 is 5.56 Å². The number of ether oxygens (including phenoxy) is 1. The molecule has 6 nitrogen and oxygen atoms in total. The van der Waals surface area contributed by atoms with Crippen molar-refractivity contribution in [3.8, 4) is 11.9 Å². The van der Waals surface area contributed by atoms with Crippen LogP contribution in [0.15, 0.2) is 34.1 Å². The van der Waals surface area contributed by atoms with Gasteiger partial charge in [-0.15, -0.1) is 0 Å². The molecule has 1 N–H and O–H groups in total. The van der Waals surface area contributed by atoms with E-state index in [0.29, 0.717) is 21.8 Å². The summed E-state index contributed by atoms with van der Waals surface area (Å²) < 4.78 is 6.05. The van der Waals surface area contributed by atoms with E-state index in [0.717, 1.165) is 4.57 Å². The number of halogens is 1. The number of benzene rings is 1. The molecule has 0 saturated heterocycles. The number of nitrogens with zero attached hydrogens (tertiary/aromatic N) is 3. The first-order chi connectivity index (χ1) is 11.5. The van der Waals surface area contributed by atoms with Gasteiger partial charge in [-0.2, -0.15) is 5.26 Å². The molecule has 0 radical (unpaired) electrons. The summed E-state index contributed by atoms with van der Waals surface area (Å²) in [7, 11) is 1.49. The quantitative estimate of drug-likeness (QED) is 0.844. The standard InChI is InChI=1S/C17H16ClN3O3/c1-11-14(9-19)16(22)21(7-8-24-2)17(23)15(11)10-20-13-5-3-12(18)4-6-13/h3-6,10,23H,7-8H2,1-2H3. The summed E-state index contributed by atoms with van der Waals surface area (Å²) >= 11 is 5.83. The van der Waals surface area contributed by atoms with Crippen LogP contribution in [0.3, 0.4) is 0 Å². The number of methoxy groups -OCH3 is 1. The smallest absolute Gasteiger partial charge is 0.271 e. The van der Waals surface area contributed by atoms with Gasteiger partial charge in [0.15, 0.2) is 0 Å². The van der Waals surface area contributed by atoms with Crippen molar-refractivity contribution in [2.45, 2.75) is 13.5 Å². The van der Waals surface area contributed by atoms with E-state index >= 15 is 0 Å². The van der Waals surface area contributed by atoms with E-state index in [4.69, 9.17) is 16.3 Å². The van der Waals surface area contributed by atoms with E-state index in [2.05, 4.69) is 4.99 Å². The molecule has 0 amide bonds. The molecule has 2 rings (SSSR count). The molecule has 2 aromatic rings. The van der Waals surface area contributed by atoms with Gasteiger partial charge in [-0.05, 0) is 36.8 Å². The minimum atomic E-state index is -0.548. The fourth-order valence-electron chi connectivity index (χ4n) is 2.18. The van der Waals surface area contributed by atoms with Gasteiger partial charge in [0, 0.05) is 18.3 Å². The lowest BCUT2D eigenvalue weighted by Crippen LogP contribution is -2.26. The average Bonchev–Trinajstić information content (AvgIpc) is 2.57. The van der Waals surface area contributed by atoms with E-state index in [1.807, 2.05) is 6.07 Å². The van der Waals surface area contributed by atoms with Gasteiger partial charge in [0.05, 0.1) is 24.4 Å². The number of nitriles is 1. The summed E-state index contributed by atoms with van der Waals surface area (Å²) in [6.07, 6.45) is 1.43. The summed E-state index contributed by atoms with van der Waals surface area (Å²) in [4.78, 5) is 16.5. The molecule has 0 fully saturated rings. The van der Waals surface area contributed by atoms with Crippen molar-refractivity contribution in [1.82, 2.24) is 4.57 Å². The van der Waals surface area contributed by atoms with E-state index in [1.165, 1.54) is 13.3 Å². The van der Waals surface area contributed by atoms with Crippen molar-refractivity contribution in [2.75, 3.05) is 13.7 Å². The number of rotatable bonds is 5. The molecule has 0 aliphatic carbocycles. The molecule has 0 unspecified atom stereocenters. The van der Waals surface area contributed by atoms with Gasteiger partial charge in [-0.1, -0.05) is 11.6 Å². The van der Waals surface area contributed by atoms with Gasteiger partial charge in [0.1, 0.15) is 11.6 Å². The maximum absolute atomic E-state index is 12.3. The van der Waals surface area contributed by atoms with Crippen LogP contribution in [0.5, 0.6) is 5.88 Å². The Morgan fingerprint density at radius 2 is 2.08 bits per heavy atom. The van der Waals surface area contributed by atoms with Crippen molar-refractivity contribution < 1.29 is 9.84 Å². The molecular formula is C17H16ClN3O3. The van der Waals surface area contributed by atoms with Gasteiger partial charge in [-0.25, -0.2) is 0 Å². The number of hydrogen-bond acceptors (Lipinski definition) is 5. The highest BCUT2D eigenvalue weighted by atomic mass is 35.5. The van der Waals surface area contributed by atoms with Crippen molar-refractivity contribution in [3.63, 3.8) is 0 Å². The molecule has 0 aliphatic rings. The zero-order valence-electron chi connectivity index (χ0n) is 13.3. The summed E-state index contributed by atoms with van der Waals surface area (Å²) in [6, 6.07) is 8.72. The molecular weight excluding hydrogens is 330 g/mol. The van der Waals surface area contributed by atoms with Gasteiger partial charge in [-0.3, -0.25) is 14.4 Å². The molecule has 1 aromatic carbocycles. The van der Waals surface area contributed by atoms with Gasteiger partial charge in [0.25, 0.3) is 5.56 Å². The average molecular weight is 346 g/mol. The predicted molar refractivity (Wildman–Crippen MR) is 92.4 cm³/mol. The second-order valence-corrected chi connectivity index (χ2v) is 5.47. The summed E-state index contributed by atoms with van der Waals surface area (Å²) in [5.74, 6) is -0.244. The SMILES string of the molecule is COCCn1c(O)c(C=Nc2ccc(Cl)cc2)c(C)c(C#N)c1=O. The van der Waals surface area contributed by atoms with E-state index in [1.54, 1.807) is 31.2 Å². The lowest BCUT2D eigenvalue weighted by molar-refractivity contribution is 0.182. The summed E-state index contributed by atoms with van der Waals surface area (Å²) in [5.41, 5.74) is 0.754. The Labute approximate surface area is 144 Å². The monoisotopic (exact) mass is 345 g/mol. The molecule has 24 heavy (non-hydrogen) atoms. The topological polar surface area (TPSA) is 87.6 Å². The van der Waals surface area contributed by atoms with E-state index in [9.17, 15) is 15.2 Å². The molecule has 0 bridgehead atoms. The van der Waals surface area contributed by atoms with Crippen molar-refractivity contribution in [3.05, 3.63) is 56.3 Å². The lowest BCUT2D eigenvalue weighted by Gasteiger charge is -2.13. The second kappa shape index (κ2) is 7.77. The zero-order valence-corrected chi connectivity index (χ0v) is 14.0. The molecule has 0 spiro atoms. The van der Waals surface area contributed by atoms with Crippen LogP contribution in [-0.4, -0.2) is 29.6 Å². The second-order valence-electron chi connectivity index (χ2n) is 5.03. The Morgan fingerprint density at radius 1 is 1.42 bits per heavy atom. The van der Waals surface area contributed by atoms with Crippen LogP contribution in [0.2, 0.25) is 5.02 Å². The highest BCUT2D eigenvalue weighted by Gasteiger charge is 2.17. The third-order valence-corrected chi connectivity index (χ3v) is 3.79. The van der Waals surface area contributed by atoms with Crippen molar-refractivity contribution >= 4 is 23.5 Å². The largest absolute Gasteiger partial charge is 0.494 e. The fraction of sp³-hybridized carbons (Fsp3) is 0.235. The summed E-state index contributed by atoms with van der Waals surface area (Å²) in [6.45, 7) is 1.97. The van der Waals surface area contributed by atoms with E-state index in [-0.39, 0.29) is 24.6 Å². The number of aliphatic imine (C=N–C) groups is 1. The Balaban J connectivity index is 2.54. The Morgan fingerprint density at radius 3 is 2.67 bits per heavy atom. The van der Waals surface area contributed by atoms with Crippen LogP contribution in [0.1, 0.15) is 16.7 Å². The lowest BCUT2D eigenvalue weighted by atomic mass is 10.1. The Bertz CT molecular complexity index is 865. The van der Waals surface area contributed by atoms with Crippen LogP contribution in [0.4, 0.5) is 5.69 Å². The molecule has 7 heteroatoms. The first-order valence-electron chi connectivity index (χ1n) is 7.14. The van der Waals surface area contributed by atoms with Gasteiger partial charge in [0.2, 0.25) is 5.88 Å². The van der Waals surface area contributed by atoms with Gasteiger partial charge < -0.3 is 9.84 Å². The minimum absolute atomic E-state index is 0.0264. The van der Waals surface area contributed by atoms with Gasteiger partial charge >= 0.3 is 0 Å². The van der Waals surface area contributed by atoms with Crippen LogP contribution < -0.4 is 5.56 Å². The number of pyridine rings is 1. The molecule has 124 valence electrons. The van der Waals surface area contributed by atoms with Crippen LogP contribution >= 0.6 is 11.6 Å². The number of aromatic hydroxyl groups is 1. The molecule has 0 atom stereocenters. The van der Waals surface area contributed by atoms with Crippen LogP contribution in [0.25, 0.3) is 0 Å². The van der Waals surface area contributed by atoms with Crippen molar-refractivity contribution in [2.24, 2.45) is 4.99 Å². The maximum atomic E-state index is 12.3. The zero-order chi connectivity index (χ0) is 17.7. The summed E-state index contributed by atoms with van der Waals surface area (Å²) in [5, 5.41) is 20.2. The normalized spacial score (nSPS) is 10.9.